The molecule has 0 radical (unpaired) electrons. The summed E-state index contributed by atoms with van der Waals surface area (Å²) >= 11 is 0. The monoisotopic (exact) mass is 438 g/mol. The Bertz CT molecular complexity index is 1280. The Morgan fingerprint density at radius 1 is 1.06 bits per heavy atom. The first-order chi connectivity index (χ1) is 16.0. The van der Waals surface area contributed by atoms with Crippen molar-refractivity contribution in [3.05, 3.63) is 88.7 Å². The summed E-state index contributed by atoms with van der Waals surface area (Å²) in [5.41, 5.74) is 6.27. The number of anilines is 1. The van der Waals surface area contributed by atoms with Gasteiger partial charge in [0.2, 0.25) is 0 Å². The number of hydrogen-bond acceptors (Lipinski definition) is 5. The van der Waals surface area contributed by atoms with Crippen LogP contribution in [-0.2, 0) is 6.42 Å². The highest BCUT2D eigenvalue weighted by atomic mass is 19.1. The Balaban J connectivity index is 1.53. The van der Waals surface area contributed by atoms with Gasteiger partial charge in [-0.3, -0.25) is 5.01 Å². The van der Waals surface area contributed by atoms with Crippen LogP contribution in [0, 0.1) is 35.4 Å². The molecule has 1 aliphatic heterocycles. The highest BCUT2D eigenvalue weighted by Gasteiger charge is 2.27. The predicted molar refractivity (Wildman–Crippen MR) is 126 cm³/mol. The van der Waals surface area contributed by atoms with Crippen molar-refractivity contribution in [1.29, 1.82) is 10.5 Å². The summed E-state index contributed by atoms with van der Waals surface area (Å²) in [4.78, 5) is 0. The predicted octanol–water partition coefficient (Wildman–Crippen LogP) is 5.10. The van der Waals surface area contributed by atoms with Gasteiger partial charge in [-0.1, -0.05) is 30.3 Å². The third kappa shape index (κ3) is 4.77. The minimum absolute atomic E-state index is 0.00906. The van der Waals surface area contributed by atoms with E-state index in [-0.39, 0.29) is 18.5 Å². The number of nitriles is 2. The minimum Gasteiger partial charge on any atom is -0.396 e. The van der Waals surface area contributed by atoms with Gasteiger partial charge in [0.1, 0.15) is 17.6 Å². The van der Waals surface area contributed by atoms with Crippen LogP contribution in [0.2, 0.25) is 0 Å². The normalized spacial score (nSPS) is 15.1. The number of rotatable bonds is 6. The van der Waals surface area contributed by atoms with E-state index in [2.05, 4.69) is 17.2 Å². The van der Waals surface area contributed by atoms with Crippen LogP contribution in [0.3, 0.4) is 0 Å². The van der Waals surface area contributed by atoms with Crippen LogP contribution in [0.4, 0.5) is 10.1 Å². The van der Waals surface area contributed by atoms with Gasteiger partial charge in [0.25, 0.3) is 0 Å². The molecule has 164 valence electrons. The second kappa shape index (κ2) is 9.65. The van der Waals surface area contributed by atoms with Crippen LogP contribution in [0.1, 0.15) is 35.1 Å². The van der Waals surface area contributed by atoms with Gasteiger partial charge in [-0.2, -0.15) is 15.6 Å². The SMILES string of the molecule is Cc1cc(-c2cc(C#N)ccc2F)ccc1Cc1ccc(N2N=C(C#N)CC2CCO)cc1. The van der Waals surface area contributed by atoms with Gasteiger partial charge in [-0.15, -0.1) is 0 Å². The molecule has 3 aromatic rings. The lowest BCUT2D eigenvalue weighted by atomic mass is 9.95. The molecule has 0 fully saturated rings. The summed E-state index contributed by atoms with van der Waals surface area (Å²) in [5.74, 6) is -0.347. The Kier molecular flexibility index (Phi) is 6.49. The number of aryl methyl sites for hydroxylation is 1. The van der Waals surface area contributed by atoms with E-state index in [4.69, 9.17) is 5.26 Å². The standard InChI is InChI=1S/C27H23FN4O/c1-18-12-22(26-14-20(16-29)4-9-27(26)28)6-5-21(18)13-19-2-7-24(8-3-19)32-25(10-11-33)15-23(17-30)31-32/h2-9,12,14,25,33H,10-11,13,15H2,1H3. The molecule has 1 atom stereocenters. The third-order valence-corrected chi connectivity index (χ3v) is 5.94. The first kappa shape index (κ1) is 22.2. The topological polar surface area (TPSA) is 83.4 Å². The zero-order valence-corrected chi connectivity index (χ0v) is 18.3. The van der Waals surface area contributed by atoms with Crippen molar-refractivity contribution < 1.29 is 9.50 Å². The van der Waals surface area contributed by atoms with Crippen LogP contribution in [-0.4, -0.2) is 23.5 Å². The van der Waals surface area contributed by atoms with Gasteiger partial charge < -0.3 is 5.11 Å². The molecule has 3 aromatic carbocycles. The van der Waals surface area contributed by atoms with Crippen LogP contribution < -0.4 is 5.01 Å². The molecule has 0 aromatic heterocycles. The number of halogens is 1. The molecule has 1 heterocycles. The van der Waals surface area contributed by atoms with E-state index in [1.807, 2.05) is 54.4 Å². The van der Waals surface area contributed by atoms with Crippen molar-refractivity contribution in [1.82, 2.24) is 0 Å². The molecular weight excluding hydrogens is 415 g/mol. The smallest absolute Gasteiger partial charge is 0.140 e. The lowest BCUT2D eigenvalue weighted by molar-refractivity contribution is 0.276. The van der Waals surface area contributed by atoms with E-state index in [1.54, 1.807) is 6.07 Å². The lowest BCUT2D eigenvalue weighted by Gasteiger charge is -2.23. The zero-order chi connectivity index (χ0) is 23.4. The maximum atomic E-state index is 14.3. The van der Waals surface area contributed by atoms with Gasteiger partial charge in [0.15, 0.2) is 0 Å². The van der Waals surface area contributed by atoms with E-state index < -0.39 is 0 Å². The van der Waals surface area contributed by atoms with E-state index in [9.17, 15) is 14.8 Å². The van der Waals surface area contributed by atoms with Crippen LogP contribution in [0.5, 0.6) is 0 Å². The largest absolute Gasteiger partial charge is 0.396 e. The van der Waals surface area contributed by atoms with E-state index in [1.165, 1.54) is 12.1 Å². The maximum absolute atomic E-state index is 14.3. The molecule has 6 heteroatoms. The second-order valence-corrected chi connectivity index (χ2v) is 8.16. The Labute approximate surface area is 192 Å². The molecule has 0 saturated carbocycles. The molecule has 1 aliphatic rings. The molecule has 0 aliphatic carbocycles. The van der Waals surface area contributed by atoms with Gasteiger partial charge in [0.05, 0.1) is 23.4 Å². The quantitative estimate of drug-likeness (QED) is 0.580. The summed E-state index contributed by atoms with van der Waals surface area (Å²) in [6, 6.07) is 22.4. The lowest BCUT2D eigenvalue weighted by Crippen LogP contribution is -2.27. The average Bonchev–Trinajstić information content (AvgIpc) is 3.24. The number of nitrogens with zero attached hydrogens (tertiary/aromatic N) is 4. The molecule has 0 spiro atoms. The number of hydrogen-bond donors (Lipinski definition) is 1. The number of benzene rings is 3. The Morgan fingerprint density at radius 2 is 1.85 bits per heavy atom. The van der Waals surface area contributed by atoms with E-state index >= 15 is 0 Å². The highest BCUT2D eigenvalue weighted by Crippen LogP contribution is 2.29. The van der Waals surface area contributed by atoms with Crippen molar-refractivity contribution in [2.24, 2.45) is 5.10 Å². The summed E-state index contributed by atoms with van der Waals surface area (Å²) < 4.78 is 14.3. The van der Waals surface area contributed by atoms with Gasteiger partial charge >= 0.3 is 0 Å². The molecule has 33 heavy (non-hydrogen) atoms. The van der Waals surface area contributed by atoms with Gasteiger partial charge in [-0.25, -0.2) is 4.39 Å². The van der Waals surface area contributed by atoms with E-state index in [0.717, 1.165) is 34.4 Å². The molecule has 0 amide bonds. The fourth-order valence-corrected chi connectivity index (χ4v) is 4.14. The third-order valence-electron chi connectivity index (χ3n) is 5.94. The fraction of sp³-hybridized carbons (Fsp3) is 0.222. The van der Waals surface area contributed by atoms with Crippen LogP contribution in [0.25, 0.3) is 11.1 Å². The van der Waals surface area contributed by atoms with Gasteiger partial charge in [-0.05, 0) is 72.4 Å². The second-order valence-electron chi connectivity index (χ2n) is 8.16. The number of hydrazone groups is 1. The van der Waals surface area contributed by atoms with E-state index in [0.29, 0.717) is 29.7 Å². The molecule has 5 nitrogen and oxygen atoms in total. The molecule has 0 saturated heterocycles. The summed E-state index contributed by atoms with van der Waals surface area (Å²) in [6.45, 7) is 2.05. The molecule has 4 rings (SSSR count). The van der Waals surface area contributed by atoms with Crippen molar-refractivity contribution in [3.8, 4) is 23.3 Å². The fourth-order valence-electron chi connectivity index (χ4n) is 4.14. The summed E-state index contributed by atoms with van der Waals surface area (Å²) in [6.07, 6.45) is 1.82. The van der Waals surface area contributed by atoms with Crippen LogP contribution in [0.15, 0.2) is 65.8 Å². The maximum Gasteiger partial charge on any atom is 0.140 e. The zero-order valence-electron chi connectivity index (χ0n) is 18.3. The Morgan fingerprint density at radius 3 is 2.52 bits per heavy atom. The molecule has 0 bridgehead atoms. The van der Waals surface area contributed by atoms with Crippen molar-refractivity contribution in [2.45, 2.75) is 32.2 Å². The van der Waals surface area contributed by atoms with Crippen molar-refractivity contribution in [2.75, 3.05) is 11.6 Å². The average molecular weight is 439 g/mol. The first-order valence-electron chi connectivity index (χ1n) is 10.8. The summed E-state index contributed by atoms with van der Waals surface area (Å²) in [5, 5.41) is 33.8. The van der Waals surface area contributed by atoms with Gasteiger partial charge in [0, 0.05) is 18.6 Å². The van der Waals surface area contributed by atoms with Crippen LogP contribution >= 0.6 is 0 Å². The number of aliphatic hydroxyl groups excluding tert-OH is 1. The molecule has 1 N–H and O–H groups in total. The summed E-state index contributed by atoms with van der Waals surface area (Å²) in [7, 11) is 0. The van der Waals surface area contributed by atoms with Crippen molar-refractivity contribution in [3.63, 3.8) is 0 Å². The highest BCUT2D eigenvalue weighted by molar-refractivity contribution is 6.01. The molecular formula is C27H23FN4O. The minimum atomic E-state index is -0.347. The molecule has 1 unspecified atom stereocenters. The Hall–Kier alpha value is -4.00. The first-order valence-corrected chi connectivity index (χ1v) is 10.8. The number of aliphatic hydroxyl groups is 1. The van der Waals surface area contributed by atoms with Crippen molar-refractivity contribution >= 4 is 11.4 Å².